The number of aliphatic imine (C=N–C) groups is 1. The summed E-state index contributed by atoms with van der Waals surface area (Å²) in [4.78, 5) is 7.02. The highest BCUT2D eigenvalue weighted by Gasteiger charge is 2.07. The number of hydrogen-bond donors (Lipinski definition) is 2. The Morgan fingerprint density at radius 2 is 2.24 bits per heavy atom. The van der Waals surface area contributed by atoms with Crippen molar-refractivity contribution >= 4 is 17.3 Å². The topological polar surface area (TPSA) is 49.6 Å². The fraction of sp³-hybridized carbons (Fsp3) is 0.438. The monoisotopic (exact) mass is 305 g/mol. The second-order valence-electron chi connectivity index (χ2n) is 5.09. The minimum Gasteiger partial charge on any atom is -0.469 e. The fourth-order valence-corrected chi connectivity index (χ4v) is 3.15. The summed E-state index contributed by atoms with van der Waals surface area (Å²) in [5.41, 5.74) is 0. The molecule has 4 nitrogen and oxygen atoms in total. The van der Waals surface area contributed by atoms with Crippen molar-refractivity contribution in [2.24, 2.45) is 4.99 Å². The highest BCUT2D eigenvalue weighted by molar-refractivity contribution is 7.11. The molecule has 0 saturated heterocycles. The van der Waals surface area contributed by atoms with Gasteiger partial charge >= 0.3 is 0 Å². The highest BCUT2D eigenvalue weighted by atomic mass is 32.1. The van der Waals surface area contributed by atoms with Crippen LogP contribution in [-0.4, -0.2) is 25.6 Å². The molecule has 0 spiro atoms. The van der Waals surface area contributed by atoms with Gasteiger partial charge in [0.15, 0.2) is 5.96 Å². The first-order chi connectivity index (χ1) is 10.2. The molecule has 2 rings (SSSR count). The van der Waals surface area contributed by atoms with Gasteiger partial charge < -0.3 is 15.1 Å². The van der Waals surface area contributed by atoms with Gasteiger partial charge in [0.25, 0.3) is 0 Å². The Balaban J connectivity index is 1.73. The van der Waals surface area contributed by atoms with Gasteiger partial charge in [-0.05, 0) is 38.1 Å². The van der Waals surface area contributed by atoms with Crippen LogP contribution in [0.15, 0.2) is 39.9 Å². The number of nitrogens with one attached hydrogen (secondary N) is 2. The van der Waals surface area contributed by atoms with E-state index in [1.165, 1.54) is 9.75 Å². The Morgan fingerprint density at radius 1 is 1.38 bits per heavy atom. The summed E-state index contributed by atoms with van der Waals surface area (Å²) < 4.78 is 5.31. The van der Waals surface area contributed by atoms with Gasteiger partial charge in [-0.1, -0.05) is 0 Å². The van der Waals surface area contributed by atoms with Crippen LogP contribution in [-0.2, 0) is 12.8 Å². The molecule has 0 fully saturated rings. The zero-order chi connectivity index (χ0) is 15.1. The number of hydrogen-bond acceptors (Lipinski definition) is 3. The first kappa shape index (κ1) is 15.6. The molecule has 0 aliphatic carbocycles. The fourth-order valence-electron chi connectivity index (χ4n) is 2.13. The van der Waals surface area contributed by atoms with Gasteiger partial charge in [-0.15, -0.1) is 11.3 Å². The van der Waals surface area contributed by atoms with E-state index >= 15 is 0 Å². The molecule has 0 bridgehead atoms. The minimum atomic E-state index is 0.345. The predicted octanol–water partition coefficient (Wildman–Crippen LogP) is 2.99. The van der Waals surface area contributed by atoms with E-state index in [0.717, 1.165) is 31.1 Å². The lowest BCUT2D eigenvalue weighted by Gasteiger charge is -2.17. The first-order valence-corrected chi connectivity index (χ1v) is 8.04. The molecule has 2 heterocycles. The second-order valence-corrected chi connectivity index (χ2v) is 6.46. The summed E-state index contributed by atoms with van der Waals surface area (Å²) in [5.74, 6) is 1.82. The SMILES string of the molecule is CN=C(NCCc1ccco1)NC(C)Cc1ccc(C)s1. The second kappa shape index (κ2) is 7.88. The zero-order valence-corrected chi connectivity index (χ0v) is 13.7. The lowest BCUT2D eigenvalue weighted by Crippen LogP contribution is -2.43. The van der Waals surface area contributed by atoms with Crippen molar-refractivity contribution in [1.29, 1.82) is 0 Å². The van der Waals surface area contributed by atoms with E-state index in [4.69, 9.17) is 4.42 Å². The van der Waals surface area contributed by atoms with Crippen molar-refractivity contribution in [3.05, 3.63) is 46.0 Å². The highest BCUT2D eigenvalue weighted by Crippen LogP contribution is 2.16. The maximum atomic E-state index is 5.31. The molecule has 0 amide bonds. The van der Waals surface area contributed by atoms with Crippen LogP contribution in [0.2, 0.25) is 0 Å². The predicted molar refractivity (Wildman–Crippen MR) is 89.1 cm³/mol. The van der Waals surface area contributed by atoms with Crippen molar-refractivity contribution in [2.45, 2.75) is 32.7 Å². The van der Waals surface area contributed by atoms with Gasteiger partial charge in [0.05, 0.1) is 6.26 Å². The van der Waals surface area contributed by atoms with E-state index in [9.17, 15) is 0 Å². The van der Waals surface area contributed by atoms with Crippen molar-refractivity contribution in [3.8, 4) is 0 Å². The molecule has 0 radical (unpaired) electrons. The quantitative estimate of drug-likeness (QED) is 0.637. The molecular formula is C16H23N3OS. The van der Waals surface area contributed by atoms with Crippen LogP contribution in [0, 0.1) is 6.92 Å². The van der Waals surface area contributed by atoms with Crippen LogP contribution in [0.4, 0.5) is 0 Å². The normalized spacial score (nSPS) is 13.2. The Morgan fingerprint density at radius 3 is 2.86 bits per heavy atom. The zero-order valence-electron chi connectivity index (χ0n) is 12.8. The van der Waals surface area contributed by atoms with Crippen LogP contribution >= 0.6 is 11.3 Å². The Labute approximate surface area is 130 Å². The van der Waals surface area contributed by atoms with Crippen LogP contribution in [0.25, 0.3) is 0 Å². The Bertz CT molecular complexity index is 560. The molecule has 2 aromatic heterocycles. The molecule has 114 valence electrons. The summed E-state index contributed by atoms with van der Waals surface area (Å²) >= 11 is 1.85. The van der Waals surface area contributed by atoms with Crippen molar-refractivity contribution in [1.82, 2.24) is 10.6 Å². The van der Waals surface area contributed by atoms with Gasteiger partial charge in [0.1, 0.15) is 5.76 Å². The van der Waals surface area contributed by atoms with Gasteiger partial charge in [-0.3, -0.25) is 4.99 Å². The molecular weight excluding hydrogens is 282 g/mol. The van der Waals surface area contributed by atoms with Gasteiger partial charge in [-0.25, -0.2) is 0 Å². The van der Waals surface area contributed by atoms with Crippen LogP contribution in [0.3, 0.4) is 0 Å². The van der Waals surface area contributed by atoms with E-state index in [2.05, 4.69) is 41.6 Å². The maximum absolute atomic E-state index is 5.31. The summed E-state index contributed by atoms with van der Waals surface area (Å²) in [5, 5.41) is 6.73. The average Bonchev–Trinajstić information content (AvgIpc) is 3.09. The van der Waals surface area contributed by atoms with E-state index in [1.807, 2.05) is 23.5 Å². The third kappa shape index (κ3) is 5.27. The number of nitrogens with zero attached hydrogens (tertiary/aromatic N) is 1. The van der Waals surface area contributed by atoms with Crippen molar-refractivity contribution in [2.75, 3.05) is 13.6 Å². The molecule has 0 aromatic carbocycles. The van der Waals surface area contributed by atoms with Crippen LogP contribution < -0.4 is 10.6 Å². The number of aryl methyl sites for hydroxylation is 1. The first-order valence-electron chi connectivity index (χ1n) is 7.22. The molecule has 1 atom stereocenters. The van der Waals surface area contributed by atoms with Crippen LogP contribution in [0.1, 0.15) is 22.4 Å². The van der Waals surface area contributed by atoms with Crippen molar-refractivity contribution in [3.63, 3.8) is 0 Å². The summed E-state index contributed by atoms with van der Waals surface area (Å²) in [6.45, 7) is 5.12. The Kier molecular flexibility index (Phi) is 5.87. The lowest BCUT2D eigenvalue weighted by molar-refractivity contribution is 0.506. The van der Waals surface area contributed by atoms with E-state index in [-0.39, 0.29) is 0 Å². The van der Waals surface area contributed by atoms with Crippen molar-refractivity contribution < 1.29 is 4.42 Å². The third-order valence-electron chi connectivity index (χ3n) is 3.15. The number of thiophene rings is 1. The lowest BCUT2D eigenvalue weighted by atomic mass is 10.2. The molecule has 0 saturated carbocycles. The largest absolute Gasteiger partial charge is 0.469 e. The summed E-state index contributed by atoms with van der Waals surface area (Å²) in [7, 11) is 1.80. The maximum Gasteiger partial charge on any atom is 0.191 e. The minimum absolute atomic E-state index is 0.345. The average molecular weight is 305 g/mol. The van der Waals surface area contributed by atoms with Gasteiger partial charge in [0, 0.05) is 42.2 Å². The number of rotatable bonds is 6. The van der Waals surface area contributed by atoms with Gasteiger partial charge in [0.2, 0.25) is 0 Å². The molecule has 21 heavy (non-hydrogen) atoms. The smallest absolute Gasteiger partial charge is 0.191 e. The van der Waals surface area contributed by atoms with E-state index in [0.29, 0.717) is 6.04 Å². The van der Waals surface area contributed by atoms with E-state index < -0.39 is 0 Å². The Hall–Kier alpha value is -1.75. The third-order valence-corrected chi connectivity index (χ3v) is 4.18. The molecule has 2 aromatic rings. The van der Waals surface area contributed by atoms with Crippen LogP contribution in [0.5, 0.6) is 0 Å². The van der Waals surface area contributed by atoms with Gasteiger partial charge in [-0.2, -0.15) is 0 Å². The molecule has 0 aliphatic heterocycles. The number of guanidine groups is 1. The van der Waals surface area contributed by atoms with E-state index in [1.54, 1.807) is 13.3 Å². The molecule has 1 unspecified atom stereocenters. The number of furan rings is 1. The molecule has 5 heteroatoms. The summed E-state index contributed by atoms with van der Waals surface area (Å²) in [6.07, 6.45) is 3.57. The molecule has 0 aliphatic rings. The summed E-state index contributed by atoms with van der Waals surface area (Å²) in [6, 6.07) is 8.61. The molecule has 2 N–H and O–H groups in total. The standard InChI is InChI=1S/C16H23N3OS/c1-12(11-15-7-6-13(2)21-15)19-16(17-3)18-9-8-14-5-4-10-20-14/h4-7,10,12H,8-9,11H2,1-3H3,(H2,17,18,19).